The van der Waals surface area contributed by atoms with Crippen LogP contribution in [0.15, 0.2) is 0 Å². The second kappa shape index (κ2) is 3.53. The van der Waals surface area contributed by atoms with Gasteiger partial charge in [0.15, 0.2) is 0 Å². The van der Waals surface area contributed by atoms with Crippen LogP contribution < -0.4 is 5.32 Å². The number of ether oxygens (including phenoxy) is 1. The van der Waals surface area contributed by atoms with Gasteiger partial charge in [-0.2, -0.15) is 0 Å². The van der Waals surface area contributed by atoms with Gasteiger partial charge in [0.05, 0.1) is 12.5 Å². The molecule has 1 aliphatic rings. The Kier molecular flexibility index (Phi) is 2.65. The first-order chi connectivity index (χ1) is 4.84. The number of aliphatic hydroxyl groups excluding tert-OH is 1. The lowest BCUT2D eigenvalue weighted by Gasteiger charge is -2.05. The Bertz CT molecular complexity index is 120. The predicted molar refractivity (Wildman–Crippen MR) is 34.2 cm³/mol. The lowest BCUT2D eigenvalue weighted by molar-refractivity contribution is -0.126. The Balaban J connectivity index is 2.25. The monoisotopic (exact) mass is 145 g/mol. The van der Waals surface area contributed by atoms with Crippen molar-refractivity contribution in [2.24, 2.45) is 5.92 Å². The molecule has 58 valence electrons. The van der Waals surface area contributed by atoms with Crippen molar-refractivity contribution in [3.05, 3.63) is 0 Å². The summed E-state index contributed by atoms with van der Waals surface area (Å²) in [4.78, 5) is 10.9. The maximum Gasteiger partial charge on any atom is 0.227 e. The van der Waals surface area contributed by atoms with Crippen molar-refractivity contribution in [2.45, 2.75) is 6.42 Å². The molecule has 4 heteroatoms. The number of carbonyl (C=O) groups excluding carboxylic acids is 1. The van der Waals surface area contributed by atoms with Gasteiger partial charge in [-0.25, -0.2) is 0 Å². The summed E-state index contributed by atoms with van der Waals surface area (Å²) in [5, 5.41) is 10.6. The molecule has 4 nitrogen and oxygen atoms in total. The van der Waals surface area contributed by atoms with Crippen LogP contribution in [-0.4, -0.2) is 31.0 Å². The fourth-order valence-electron chi connectivity index (χ4n) is 0.964. The molecule has 0 unspecified atom stereocenters. The number of hydrogen-bond donors (Lipinski definition) is 2. The Morgan fingerprint density at radius 1 is 1.80 bits per heavy atom. The summed E-state index contributed by atoms with van der Waals surface area (Å²) in [5.74, 6) is -0.160. The maximum absolute atomic E-state index is 10.9. The van der Waals surface area contributed by atoms with Gasteiger partial charge < -0.3 is 15.2 Å². The third-order valence-electron chi connectivity index (χ3n) is 1.55. The highest BCUT2D eigenvalue weighted by Crippen LogP contribution is 2.11. The second-order valence-corrected chi connectivity index (χ2v) is 2.26. The summed E-state index contributed by atoms with van der Waals surface area (Å²) >= 11 is 0. The quantitative estimate of drug-likeness (QED) is 0.494. The topological polar surface area (TPSA) is 58.6 Å². The van der Waals surface area contributed by atoms with E-state index in [4.69, 9.17) is 9.84 Å². The lowest BCUT2D eigenvalue weighted by atomic mass is 10.1. The third kappa shape index (κ3) is 1.68. The van der Waals surface area contributed by atoms with E-state index >= 15 is 0 Å². The summed E-state index contributed by atoms with van der Waals surface area (Å²) in [5.41, 5.74) is 0. The van der Waals surface area contributed by atoms with E-state index in [2.05, 4.69) is 5.32 Å². The zero-order valence-corrected chi connectivity index (χ0v) is 5.67. The summed E-state index contributed by atoms with van der Waals surface area (Å²) in [6.45, 7) is 0.866. The van der Waals surface area contributed by atoms with Crippen molar-refractivity contribution in [3.63, 3.8) is 0 Å². The Morgan fingerprint density at radius 3 is 3.10 bits per heavy atom. The van der Waals surface area contributed by atoms with E-state index in [1.54, 1.807) is 0 Å². The van der Waals surface area contributed by atoms with Crippen molar-refractivity contribution < 1.29 is 14.6 Å². The number of amides is 1. The first kappa shape index (κ1) is 7.50. The van der Waals surface area contributed by atoms with E-state index < -0.39 is 0 Å². The fourth-order valence-corrected chi connectivity index (χ4v) is 0.964. The maximum atomic E-state index is 10.9. The number of hydrogen-bond acceptors (Lipinski definition) is 3. The average Bonchev–Trinajstić information content (AvgIpc) is 2.38. The molecule has 1 rings (SSSR count). The first-order valence-electron chi connectivity index (χ1n) is 3.31. The van der Waals surface area contributed by atoms with Gasteiger partial charge in [0.1, 0.15) is 6.73 Å². The molecule has 10 heavy (non-hydrogen) atoms. The average molecular weight is 145 g/mol. The van der Waals surface area contributed by atoms with E-state index in [1.807, 2.05) is 0 Å². The first-order valence-corrected chi connectivity index (χ1v) is 3.31. The summed E-state index contributed by atoms with van der Waals surface area (Å²) in [7, 11) is 0. The Hall–Kier alpha value is -0.610. The smallest absolute Gasteiger partial charge is 0.227 e. The van der Waals surface area contributed by atoms with Crippen LogP contribution in [0.2, 0.25) is 0 Å². The molecule has 2 N–H and O–H groups in total. The van der Waals surface area contributed by atoms with Gasteiger partial charge >= 0.3 is 0 Å². The van der Waals surface area contributed by atoms with Crippen LogP contribution in [0.5, 0.6) is 0 Å². The van der Waals surface area contributed by atoms with Crippen LogP contribution >= 0.6 is 0 Å². The van der Waals surface area contributed by atoms with Gasteiger partial charge in [0, 0.05) is 6.61 Å². The summed E-state index contributed by atoms with van der Waals surface area (Å²) in [6, 6.07) is 0. The predicted octanol–water partition coefficient (Wildman–Crippen LogP) is -0.911. The molecule has 0 aromatic rings. The van der Waals surface area contributed by atoms with Crippen LogP contribution in [0.3, 0.4) is 0 Å². The van der Waals surface area contributed by atoms with Gasteiger partial charge in [-0.15, -0.1) is 0 Å². The van der Waals surface area contributed by atoms with Crippen LogP contribution in [0.4, 0.5) is 0 Å². The van der Waals surface area contributed by atoms with Gasteiger partial charge in [-0.05, 0) is 6.42 Å². The van der Waals surface area contributed by atoms with Gasteiger partial charge in [0.25, 0.3) is 0 Å². The molecule has 0 bridgehead atoms. The third-order valence-corrected chi connectivity index (χ3v) is 1.55. The minimum absolute atomic E-state index is 0.0489. The minimum atomic E-state index is -0.282. The molecule has 0 spiro atoms. The van der Waals surface area contributed by atoms with E-state index in [9.17, 15) is 4.79 Å². The van der Waals surface area contributed by atoms with Gasteiger partial charge in [-0.1, -0.05) is 0 Å². The van der Waals surface area contributed by atoms with Crippen molar-refractivity contribution in [1.29, 1.82) is 0 Å². The summed E-state index contributed by atoms with van der Waals surface area (Å²) < 4.78 is 4.98. The van der Waals surface area contributed by atoms with Crippen LogP contribution in [0.25, 0.3) is 0 Å². The van der Waals surface area contributed by atoms with E-state index in [-0.39, 0.29) is 18.6 Å². The molecule has 0 saturated carbocycles. The zero-order chi connectivity index (χ0) is 7.40. The zero-order valence-electron chi connectivity index (χ0n) is 5.67. The van der Waals surface area contributed by atoms with E-state index in [1.165, 1.54) is 0 Å². The molecule has 0 aliphatic carbocycles. The molecule has 1 fully saturated rings. The van der Waals surface area contributed by atoms with Gasteiger partial charge in [-0.3, -0.25) is 4.79 Å². The molecule has 1 amide bonds. The highest BCUT2D eigenvalue weighted by atomic mass is 16.5. The lowest BCUT2D eigenvalue weighted by Crippen LogP contribution is -2.31. The Labute approximate surface area is 59.2 Å². The molecule has 0 aromatic heterocycles. The molecule has 1 aliphatic heterocycles. The molecular weight excluding hydrogens is 134 g/mol. The van der Waals surface area contributed by atoms with Crippen LogP contribution in [0.1, 0.15) is 6.42 Å². The molecule has 1 heterocycles. The highest BCUT2D eigenvalue weighted by molar-refractivity contribution is 5.78. The number of aliphatic hydroxyl groups is 1. The van der Waals surface area contributed by atoms with E-state index in [0.717, 1.165) is 6.42 Å². The molecule has 1 atom stereocenters. The standard InChI is InChI=1S/C6H11NO3/c8-4-7-6(9)5-1-2-10-3-5/h5,8H,1-4H2,(H,7,9)/t5-/m1/s1. The SMILES string of the molecule is O=C(NCO)[C@@H]1CCOC1. The van der Waals surface area contributed by atoms with Crippen molar-refractivity contribution >= 4 is 5.91 Å². The summed E-state index contributed by atoms with van der Waals surface area (Å²) in [6.07, 6.45) is 0.770. The van der Waals surface area contributed by atoms with E-state index in [0.29, 0.717) is 13.2 Å². The molecule has 0 radical (unpaired) electrons. The highest BCUT2D eigenvalue weighted by Gasteiger charge is 2.22. The van der Waals surface area contributed by atoms with Crippen LogP contribution in [-0.2, 0) is 9.53 Å². The number of rotatable bonds is 2. The largest absolute Gasteiger partial charge is 0.381 e. The fraction of sp³-hybridized carbons (Fsp3) is 0.833. The van der Waals surface area contributed by atoms with Crippen molar-refractivity contribution in [2.75, 3.05) is 19.9 Å². The van der Waals surface area contributed by atoms with Crippen molar-refractivity contribution in [3.8, 4) is 0 Å². The van der Waals surface area contributed by atoms with Crippen molar-refractivity contribution in [1.82, 2.24) is 5.32 Å². The number of nitrogens with one attached hydrogen (secondary N) is 1. The van der Waals surface area contributed by atoms with Crippen LogP contribution in [0, 0.1) is 5.92 Å². The second-order valence-electron chi connectivity index (χ2n) is 2.26. The molecule has 1 saturated heterocycles. The van der Waals surface area contributed by atoms with Gasteiger partial charge in [0.2, 0.25) is 5.91 Å². The normalized spacial score (nSPS) is 24.7. The molecule has 0 aromatic carbocycles. The molecular formula is C6H11NO3. The Morgan fingerprint density at radius 2 is 2.60 bits per heavy atom. The number of carbonyl (C=O) groups is 1. The minimum Gasteiger partial charge on any atom is -0.381 e.